The molecule has 1 amide bonds. The van der Waals surface area contributed by atoms with E-state index in [1.807, 2.05) is 19.1 Å². The van der Waals surface area contributed by atoms with Crippen molar-refractivity contribution in [2.75, 3.05) is 5.32 Å². The van der Waals surface area contributed by atoms with Crippen LogP contribution >= 0.6 is 15.9 Å². The fraction of sp³-hybridized carbons (Fsp3) is 0.0714. The number of aryl methyl sites for hydroxylation is 1. The maximum absolute atomic E-state index is 13.6. The van der Waals surface area contributed by atoms with E-state index in [1.54, 1.807) is 18.2 Å². The lowest BCUT2D eigenvalue weighted by atomic mass is 10.2. The molecule has 2 rings (SSSR count). The highest BCUT2D eigenvalue weighted by Gasteiger charge is 2.11. The van der Waals surface area contributed by atoms with Crippen LogP contribution in [0, 0.1) is 12.7 Å². The molecule has 0 bridgehead atoms. The Morgan fingerprint density at radius 1 is 1.17 bits per heavy atom. The zero-order chi connectivity index (χ0) is 13.1. The third-order valence-electron chi connectivity index (χ3n) is 2.49. The van der Waals surface area contributed by atoms with Crippen LogP contribution in [0.5, 0.6) is 0 Å². The second kappa shape index (κ2) is 5.31. The van der Waals surface area contributed by atoms with Crippen LogP contribution in [0.4, 0.5) is 10.1 Å². The molecule has 2 aromatic carbocycles. The highest BCUT2D eigenvalue weighted by atomic mass is 79.9. The highest BCUT2D eigenvalue weighted by Crippen LogP contribution is 2.17. The Balaban J connectivity index is 2.19. The number of halogens is 2. The molecule has 0 saturated carbocycles. The van der Waals surface area contributed by atoms with Gasteiger partial charge in [-0.05, 0) is 37.3 Å². The van der Waals surface area contributed by atoms with Crippen LogP contribution in [-0.2, 0) is 0 Å². The first-order chi connectivity index (χ1) is 8.56. The lowest BCUT2D eigenvalue weighted by Crippen LogP contribution is -2.13. The van der Waals surface area contributed by atoms with E-state index in [4.69, 9.17) is 0 Å². The van der Waals surface area contributed by atoms with Gasteiger partial charge in [0.05, 0.1) is 5.56 Å². The summed E-state index contributed by atoms with van der Waals surface area (Å²) < 4.78 is 14.2. The van der Waals surface area contributed by atoms with E-state index < -0.39 is 11.7 Å². The number of benzene rings is 2. The molecule has 1 N–H and O–H groups in total. The maximum atomic E-state index is 13.6. The summed E-state index contributed by atoms with van der Waals surface area (Å²) in [4.78, 5) is 11.9. The molecule has 0 saturated heterocycles. The first-order valence-electron chi connectivity index (χ1n) is 5.39. The van der Waals surface area contributed by atoms with Crippen molar-refractivity contribution in [1.82, 2.24) is 0 Å². The summed E-state index contributed by atoms with van der Waals surface area (Å²) in [5.74, 6) is -1.00. The van der Waals surface area contributed by atoms with E-state index in [9.17, 15) is 9.18 Å². The fourth-order valence-electron chi connectivity index (χ4n) is 1.51. The van der Waals surface area contributed by atoms with Crippen molar-refractivity contribution in [3.8, 4) is 0 Å². The summed E-state index contributed by atoms with van der Waals surface area (Å²) in [5, 5.41) is 2.65. The van der Waals surface area contributed by atoms with Crippen molar-refractivity contribution in [1.29, 1.82) is 0 Å². The van der Waals surface area contributed by atoms with Crippen molar-refractivity contribution >= 4 is 27.5 Å². The zero-order valence-electron chi connectivity index (χ0n) is 9.71. The molecule has 0 unspecified atom stereocenters. The first kappa shape index (κ1) is 12.8. The van der Waals surface area contributed by atoms with Gasteiger partial charge in [-0.3, -0.25) is 4.79 Å². The summed E-state index contributed by atoms with van der Waals surface area (Å²) in [6, 6.07) is 11.7. The molecule has 0 radical (unpaired) electrons. The van der Waals surface area contributed by atoms with Crippen LogP contribution < -0.4 is 5.32 Å². The molecule has 0 heterocycles. The molecule has 18 heavy (non-hydrogen) atoms. The Labute approximate surface area is 113 Å². The van der Waals surface area contributed by atoms with E-state index in [1.165, 1.54) is 12.1 Å². The molecule has 4 heteroatoms. The van der Waals surface area contributed by atoms with Gasteiger partial charge < -0.3 is 5.32 Å². The van der Waals surface area contributed by atoms with Crippen LogP contribution in [0.3, 0.4) is 0 Å². The van der Waals surface area contributed by atoms with Gasteiger partial charge in [0.25, 0.3) is 5.91 Å². The van der Waals surface area contributed by atoms with E-state index >= 15 is 0 Å². The van der Waals surface area contributed by atoms with Gasteiger partial charge in [-0.15, -0.1) is 0 Å². The van der Waals surface area contributed by atoms with Gasteiger partial charge in [-0.1, -0.05) is 33.6 Å². The van der Waals surface area contributed by atoms with Crippen molar-refractivity contribution < 1.29 is 9.18 Å². The largest absolute Gasteiger partial charge is 0.322 e. The minimum absolute atomic E-state index is 0.0266. The molecule has 92 valence electrons. The van der Waals surface area contributed by atoms with Crippen molar-refractivity contribution in [3.63, 3.8) is 0 Å². The minimum Gasteiger partial charge on any atom is -0.322 e. The molecule has 0 atom stereocenters. The number of hydrogen-bond acceptors (Lipinski definition) is 1. The zero-order valence-corrected chi connectivity index (χ0v) is 11.3. The van der Waals surface area contributed by atoms with Gasteiger partial charge in [-0.2, -0.15) is 0 Å². The number of hydrogen-bond donors (Lipinski definition) is 1. The Morgan fingerprint density at radius 2 is 1.83 bits per heavy atom. The third-order valence-corrected chi connectivity index (χ3v) is 2.98. The monoisotopic (exact) mass is 307 g/mol. The van der Waals surface area contributed by atoms with Crippen LogP contribution in [0.1, 0.15) is 15.9 Å². The second-order valence-corrected chi connectivity index (χ2v) is 4.86. The molecule has 0 fully saturated rings. The van der Waals surface area contributed by atoms with Gasteiger partial charge in [-0.25, -0.2) is 4.39 Å². The maximum Gasteiger partial charge on any atom is 0.258 e. The lowest BCUT2D eigenvalue weighted by molar-refractivity contribution is 0.102. The van der Waals surface area contributed by atoms with E-state index in [0.717, 1.165) is 5.56 Å². The minimum atomic E-state index is -0.547. The predicted octanol–water partition coefficient (Wildman–Crippen LogP) is 4.15. The Kier molecular flexibility index (Phi) is 3.77. The smallest absolute Gasteiger partial charge is 0.258 e. The number of rotatable bonds is 2. The van der Waals surface area contributed by atoms with E-state index in [-0.39, 0.29) is 5.56 Å². The van der Waals surface area contributed by atoms with Crippen LogP contribution in [0.25, 0.3) is 0 Å². The Morgan fingerprint density at radius 3 is 2.44 bits per heavy atom. The molecule has 2 nitrogen and oxygen atoms in total. The van der Waals surface area contributed by atoms with Gasteiger partial charge >= 0.3 is 0 Å². The SMILES string of the molecule is Cc1ccc(NC(=O)c2ccc(Br)cc2F)cc1. The summed E-state index contributed by atoms with van der Waals surface area (Å²) >= 11 is 3.15. The molecule has 0 aliphatic carbocycles. The van der Waals surface area contributed by atoms with Gasteiger partial charge in [0.2, 0.25) is 0 Å². The average Bonchev–Trinajstić information content (AvgIpc) is 2.32. The number of nitrogens with one attached hydrogen (secondary N) is 1. The molecular formula is C14H11BrFNO. The van der Waals surface area contributed by atoms with E-state index in [0.29, 0.717) is 10.2 Å². The number of carbonyl (C=O) groups is 1. The standard InChI is InChI=1S/C14H11BrFNO/c1-9-2-5-11(6-3-9)17-14(18)12-7-4-10(15)8-13(12)16/h2-8H,1H3,(H,17,18). The quantitative estimate of drug-likeness (QED) is 0.887. The van der Waals surface area contributed by atoms with Crippen LogP contribution in [0.2, 0.25) is 0 Å². The first-order valence-corrected chi connectivity index (χ1v) is 6.18. The number of amides is 1. The van der Waals surface area contributed by atoms with Gasteiger partial charge in [0, 0.05) is 10.2 Å². The summed E-state index contributed by atoms with van der Waals surface area (Å²) in [6.45, 7) is 1.96. The van der Waals surface area contributed by atoms with Crippen LogP contribution in [-0.4, -0.2) is 5.91 Å². The van der Waals surface area contributed by atoms with Crippen molar-refractivity contribution in [3.05, 3.63) is 63.9 Å². The van der Waals surface area contributed by atoms with E-state index in [2.05, 4.69) is 21.2 Å². The second-order valence-electron chi connectivity index (χ2n) is 3.94. The lowest BCUT2D eigenvalue weighted by Gasteiger charge is -2.06. The van der Waals surface area contributed by atoms with Crippen LogP contribution in [0.15, 0.2) is 46.9 Å². The Bertz CT molecular complexity index is 581. The summed E-state index contributed by atoms with van der Waals surface area (Å²) in [5.41, 5.74) is 1.77. The van der Waals surface area contributed by atoms with Gasteiger partial charge in [0.1, 0.15) is 5.82 Å². The third kappa shape index (κ3) is 2.96. The highest BCUT2D eigenvalue weighted by molar-refractivity contribution is 9.10. The fourth-order valence-corrected chi connectivity index (χ4v) is 1.84. The summed E-state index contributed by atoms with van der Waals surface area (Å²) in [7, 11) is 0. The molecule has 0 aromatic heterocycles. The van der Waals surface area contributed by atoms with Crippen molar-refractivity contribution in [2.24, 2.45) is 0 Å². The number of carbonyl (C=O) groups excluding carboxylic acids is 1. The topological polar surface area (TPSA) is 29.1 Å². The van der Waals surface area contributed by atoms with Gasteiger partial charge in [0.15, 0.2) is 0 Å². The normalized spacial score (nSPS) is 10.2. The predicted molar refractivity (Wildman–Crippen MR) is 73.2 cm³/mol. The molecular weight excluding hydrogens is 297 g/mol. The Hall–Kier alpha value is -1.68. The number of anilines is 1. The molecule has 0 spiro atoms. The summed E-state index contributed by atoms with van der Waals surface area (Å²) in [6.07, 6.45) is 0. The molecule has 0 aliphatic heterocycles. The average molecular weight is 308 g/mol. The molecule has 0 aliphatic rings. The van der Waals surface area contributed by atoms with Crippen molar-refractivity contribution in [2.45, 2.75) is 6.92 Å². The molecule has 2 aromatic rings.